The summed E-state index contributed by atoms with van der Waals surface area (Å²) >= 11 is 0. The minimum atomic E-state index is -3.09. The minimum absolute atomic E-state index is 0.0541. The summed E-state index contributed by atoms with van der Waals surface area (Å²) in [5.74, 6) is 1.22. The maximum absolute atomic E-state index is 13.1. The van der Waals surface area contributed by atoms with Crippen LogP contribution in [0.2, 0.25) is 0 Å². The molecular formula is C25H34N4O4S. The van der Waals surface area contributed by atoms with Crippen molar-refractivity contribution in [3.63, 3.8) is 0 Å². The Morgan fingerprint density at radius 1 is 1.12 bits per heavy atom. The Kier molecular flexibility index (Phi) is 6.66. The van der Waals surface area contributed by atoms with Gasteiger partial charge in [-0.3, -0.25) is 9.48 Å². The Bertz CT molecular complexity index is 1130. The third-order valence-electron chi connectivity index (χ3n) is 7.66. The molecule has 8 nitrogen and oxygen atoms in total. The highest BCUT2D eigenvalue weighted by molar-refractivity contribution is 7.91. The first-order valence-corrected chi connectivity index (χ1v) is 14.2. The van der Waals surface area contributed by atoms with Crippen molar-refractivity contribution < 1.29 is 17.9 Å². The standard InChI is InChI=1S/C25H34N4O4S/c1-33-21-9-7-18(8-10-21)24-15-22(27-29(24)20-11-14-34(31,32)17-20)25(30)26-16-19-5-4-13-28-12-3-2-6-23(19)28/h7-10,15,19-20,23H,2-6,11-14,16-17H2,1H3,(H,26,30)/t19-,20+,23+/m0/s1. The molecule has 0 spiro atoms. The fraction of sp³-hybridized carbons (Fsp3) is 0.600. The second kappa shape index (κ2) is 9.70. The Morgan fingerprint density at radius 2 is 1.91 bits per heavy atom. The molecule has 3 aliphatic rings. The maximum Gasteiger partial charge on any atom is 0.271 e. The molecule has 1 N–H and O–H groups in total. The zero-order valence-corrected chi connectivity index (χ0v) is 20.6. The van der Waals surface area contributed by atoms with E-state index in [2.05, 4.69) is 15.3 Å². The van der Waals surface area contributed by atoms with Gasteiger partial charge in [0, 0.05) is 18.2 Å². The van der Waals surface area contributed by atoms with Crippen LogP contribution in [0.5, 0.6) is 5.75 Å². The van der Waals surface area contributed by atoms with Crippen molar-refractivity contribution >= 4 is 15.7 Å². The van der Waals surface area contributed by atoms with Gasteiger partial charge < -0.3 is 15.0 Å². The molecule has 5 rings (SSSR count). The summed E-state index contributed by atoms with van der Waals surface area (Å²) in [4.78, 5) is 15.7. The largest absolute Gasteiger partial charge is 0.497 e. The van der Waals surface area contributed by atoms with Crippen LogP contribution in [0.25, 0.3) is 11.3 Å². The number of nitrogens with zero attached hydrogens (tertiary/aromatic N) is 3. The van der Waals surface area contributed by atoms with E-state index in [1.54, 1.807) is 17.9 Å². The molecule has 3 aliphatic heterocycles. The van der Waals surface area contributed by atoms with Crippen LogP contribution < -0.4 is 10.1 Å². The van der Waals surface area contributed by atoms with E-state index in [0.29, 0.717) is 30.6 Å². The highest BCUT2D eigenvalue weighted by Crippen LogP contribution is 2.32. The average Bonchev–Trinajstić information content (AvgIpc) is 3.46. The zero-order valence-electron chi connectivity index (χ0n) is 19.8. The summed E-state index contributed by atoms with van der Waals surface area (Å²) in [6, 6.07) is 9.63. The molecule has 3 fully saturated rings. The van der Waals surface area contributed by atoms with Crippen molar-refractivity contribution in [3.8, 4) is 17.0 Å². The lowest BCUT2D eigenvalue weighted by Gasteiger charge is -2.44. The van der Waals surface area contributed by atoms with Crippen molar-refractivity contribution in [2.45, 2.75) is 50.6 Å². The third-order valence-corrected chi connectivity index (χ3v) is 9.41. The number of methoxy groups -OCH3 is 1. The second-order valence-corrected chi connectivity index (χ2v) is 12.1. The molecule has 3 atom stereocenters. The first-order chi connectivity index (χ1) is 16.4. The lowest BCUT2D eigenvalue weighted by molar-refractivity contribution is 0.0575. The molecule has 34 heavy (non-hydrogen) atoms. The van der Waals surface area contributed by atoms with Gasteiger partial charge in [-0.2, -0.15) is 5.10 Å². The van der Waals surface area contributed by atoms with Gasteiger partial charge in [0.25, 0.3) is 5.91 Å². The van der Waals surface area contributed by atoms with Gasteiger partial charge in [-0.15, -0.1) is 0 Å². The number of hydrogen-bond donors (Lipinski definition) is 1. The number of ether oxygens (including phenoxy) is 1. The number of aromatic nitrogens is 2. The quantitative estimate of drug-likeness (QED) is 0.675. The molecular weight excluding hydrogens is 452 g/mol. The maximum atomic E-state index is 13.1. The molecule has 1 aromatic carbocycles. The molecule has 3 saturated heterocycles. The van der Waals surface area contributed by atoms with E-state index >= 15 is 0 Å². The second-order valence-electron chi connectivity index (χ2n) is 9.86. The highest BCUT2D eigenvalue weighted by Gasteiger charge is 2.34. The summed E-state index contributed by atoms with van der Waals surface area (Å²) in [5, 5.41) is 7.76. The van der Waals surface area contributed by atoms with E-state index < -0.39 is 9.84 Å². The summed E-state index contributed by atoms with van der Waals surface area (Å²) in [7, 11) is -1.47. The van der Waals surface area contributed by atoms with E-state index in [-0.39, 0.29) is 23.5 Å². The van der Waals surface area contributed by atoms with E-state index in [1.165, 1.54) is 38.8 Å². The van der Waals surface area contributed by atoms with Gasteiger partial charge in [-0.05, 0) is 81.4 Å². The molecule has 184 valence electrons. The van der Waals surface area contributed by atoms with Gasteiger partial charge in [-0.1, -0.05) is 6.42 Å². The number of fused-ring (bicyclic) bond motifs is 1. The van der Waals surface area contributed by atoms with Crippen molar-refractivity contribution in [2.75, 3.05) is 38.2 Å². The molecule has 0 bridgehead atoms. The van der Waals surface area contributed by atoms with E-state index in [9.17, 15) is 13.2 Å². The number of rotatable bonds is 6. The molecule has 0 unspecified atom stereocenters. The summed E-state index contributed by atoms with van der Waals surface area (Å²) < 4.78 is 31.3. The Hall–Kier alpha value is -2.39. The number of hydrogen-bond acceptors (Lipinski definition) is 6. The number of amides is 1. The third kappa shape index (κ3) is 4.86. The normalized spacial score (nSPS) is 26.7. The minimum Gasteiger partial charge on any atom is -0.497 e. The predicted molar refractivity (Wildman–Crippen MR) is 131 cm³/mol. The molecule has 1 amide bonds. The highest BCUT2D eigenvalue weighted by atomic mass is 32.2. The Labute approximate surface area is 201 Å². The van der Waals surface area contributed by atoms with Crippen LogP contribution in [0.1, 0.15) is 55.1 Å². The predicted octanol–water partition coefficient (Wildman–Crippen LogP) is 2.91. The number of sulfone groups is 1. The van der Waals surface area contributed by atoms with E-state index in [4.69, 9.17) is 4.74 Å². The van der Waals surface area contributed by atoms with Crippen molar-refractivity contribution in [1.29, 1.82) is 0 Å². The molecule has 4 heterocycles. The average molecular weight is 487 g/mol. The van der Waals surface area contributed by atoms with Crippen LogP contribution in [0, 0.1) is 5.92 Å². The van der Waals surface area contributed by atoms with Gasteiger partial charge in [0.2, 0.25) is 0 Å². The monoisotopic (exact) mass is 486 g/mol. The van der Waals surface area contributed by atoms with Gasteiger partial charge in [-0.25, -0.2) is 8.42 Å². The molecule has 0 saturated carbocycles. The van der Waals surface area contributed by atoms with Crippen LogP contribution in [-0.4, -0.2) is 73.3 Å². The van der Waals surface area contributed by atoms with Crippen molar-refractivity contribution in [3.05, 3.63) is 36.0 Å². The van der Waals surface area contributed by atoms with Crippen LogP contribution in [0.15, 0.2) is 30.3 Å². The summed E-state index contributed by atoms with van der Waals surface area (Å²) in [5.41, 5.74) is 1.97. The first-order valence-electron chi connectivity index (χ1n) is 12.4. The first kappa shape index (κ1) is 23.4. The van der Waals surface area contributed by atoms with Crippen LogP contribution in [0.3, 0.4) is 0 Å². The van der Waals surface area contributed by atoms with E-state index in [1.807, 2.05) is 24.3 Å². The van der Waals surface area contributed by atoms with Gasteiger partial charge in [0.05, 0.1) is 30.4 Å². The van der Waals surface area contributed by atoms with Gasteiger partial charge in [0.1, 0.15) is 5.75 Å². The number of benzene rings is 1. The summed E-state index contributed by atoms with van der Waals surface area (Å²) in [6.07, 6.45) is 6.60. The van der Waals surface area contributed by atoms with Gasteiger partial charge >= 0.3 is 0 Å². The molecule has 2 aromatic rings. The fourth-order valence-electron chi connectivity index (χ4n) is 5.86. The van der Waals surface area contributed by atoms with Gasteiger partial charge in [0.15, 0.2) is 15.5 Å². The number of piperidine rings is 2. The number of nitrogens with one attached hydrogen (secondary N) is 1. The van der Waals surface area contributed by atoms with Crippen LogP contribution in [0.4, 0.5) is 0 Å². The number of carbonyl (C=O) groups is 1. The summed E-state index contributed by atoms with van der Waals surface area (Å²) in [6.45, 7) is 3.01. The van der Waals surface area contributed by atoms with Crippen LogP contribution in [-0.2, 0) is 9.84 Å². The fourth-order valence-corrected chi connectivity index (χ4v) is 7.55. The SMILES string of the molecule is COc1ccc(-c2cc(C(=O)NC[C@@H]3CCCN4CCCC[C@H]34)nn2[C@@H]2CCS(=O)(=O)C2)cc1. The molecule has 0 aliphatic carbocycles. The topological polar surface area (TPSA) is 93.5 Å². The smallest absolute Gasteiger partial charge is 0.271 e. The molecule has 1 aromatic heterocycles. The Balaban J connectivity index is 1.36. The van der Waals surface area contributed by atoms with E-state index in [0.717, 1.165) is 23.4 Å². The Morgan fingerprint density at radius 3 is 2.65 bits per heavy atom. The van der Waals surface area contributed by atoms with Crippen molar-refractivity contribution in [1.82, 2.24) is 20.0 Å². The molecule has 9 heteroatoms. The molecule has 0 radical (unpaired) electrons. The lowest BCUT2D eigenvalue weighted by atomic mass is 9.83. The zero-order chi connectivity index (χ0) is 23.7. The lowest BCUT2D eigenvalue weighted by Crippen LogP contribution is -2.51. The van der Waals surface area contributed by atoms with Crippen LogP contribution >= 0.6 is 0 Å². The van der Waals surface area contributed by atoms with Crippen molar-refractivity contribution in [2.24, 2.45) is 5.92 Å². The number of carbonyl (C=O) groups excluding carboxylic acids is 1.